The molecule has 3 heterocycles. The highest BCUT2D eigenvalue weighted by Crippen LogP contribution is 2.39. The van der Waals surface area contributed by atoms with Crippen LogP contribution in [0, 0.1) is 11.6 Å². The van der Waals surface area contributed by atoms with Gasteiger partial charge in [-0.3, -0.25) is 4.98 Å². The third kappa shape index (κ3) is 4.15. The number of rotatable bonds is 7. The molecular formula is C23H21F2NS2. The standard InChI is InChI=1S/C23H21F2NS2/c1-2-3-4-5-6-18-11-16-13-22(28-23(16)27-18)15-9-10-26-21(12-15)19-8-7-17(24)14-20(19)25/h7-14H,2-6H2,1H3. The fourth-order valence-corrected chi connectivity index (χ4v) is 5.84. The van der Waals surface area contributed by atoms with Gasteiger partial charge in [-0.2, -0.15) is 0 Å². The fourth-order valence-electron chi connectivity index (χ4n) is 3.31. The highest BCUT2D eigenvalue weighted by Gasteiger charge is 2.12. The number of benzene rings is 1. The summed E-state index contributed by atoms with van der Waals surface area (Å²) in [5, 5.41) is 1.28. The first-order valence-electron chi connectivity index (χ1n) is 9.58. The Morgan fingerprint density at radius 2 is 1.82 bits per heavy atom. The van der Waals surface area contributed by atoms with Gasteiger partial charge in [0.15, 0.2) is 0 Å². The van der Waals surface area contributed by atoms with E-state index in [4.69, 9.17) is 0 Å². The second-order valence-electron chi connectivity index (χ2n) is 6.93. The number of unbranched alkanes of at least 4 members (excludes halogenated alkanes) is 3. The van der Waals surface area contributed by atoms with Gasteiger partial charge in [0.1, 0.15) is 11.6 Å². The zero-order chi connectivity index (χ0) is 19.5. The van der Waals surface area contributed by atoms with Crippen LogP contribution in [0.3, 0.4) is 0 Å². The molecule has 4 rings (SSSR count). The lowest BCUT2D eigenvalue weighted by atomic mass is 10.1. The summed E-state index contributed by atoms with van der Waals surface area (Å²) in [6.07, 6.45) is 7.96. The van der Waals surface area contributed by atoms with Crippen molar-refractivity contribution in [2.24, 2.45) is 0 Å². The van der Waals surface area contributed by atoms with Crippen LogP contribution in [-0.4, -0.2) is 4.98 Å². The summed E-state index contributed by atoms with van der Waals surface area (Å²) in [4.78, 5) is 6.87. The van der Waals surface area contributed by atoms with E-state index in [2.05, 4.69) is 24.0 Å². The molecular weight excluding hydrogens is 392 g/mol. The Labute approximate surface area is 171 Å². The highest BCUT2D eigenvalue weighted by atomic mass is 32.2. The predicted molar refractivity (Wildman–Crippen MR) is 116 cm³/mol. The van der Waals surface area contributed by atoms with E-state index >= 15 is 0 Å². The molecule has 5 heteroatoms. The molecule has 1 aromatic carbocycles. The smallest absolute Gasteiger partial charge is 0.135 e. The van der Waals surface area contributed by atoms with E-state index in [-0.39, 0.29) is 0 Å². The van der Waals surface area contributed by atoms with Gasteiger partial charge in [-0.1, -0.05) is 26.2 Å². The maximum atomic E-state index is 14.1. The molecule has 0 radical (unpaired) electrons. The number of fused-ring (bicyclic) bond motifs is 1. The highest BCUT2D eigenvalue weighted by molar-refractivity contribution is 7.39. The summed E-state index contributed by atoms with van der Waals surface area (Å²) in [5.74, 6) is -1.18. The molecule has 0 unspecified atom stereocenters. The first kappa shape index (κ1) is 19.2. The SMILES string of the molecule is CCCCCCc1cc2cc(-c3ccnc(-c4ccc(F)cc4F)c3)sc2s1. The van der Waals surface area contributed by atoms with Crippen molar-refractivity contribution in [1.82, 2.24) is 4.98 Å². The first-order valence-corrected chi connectivity index (χ1v) is 11.2. The van der Waals surface area contributed by atoms with Gasteiger partial charge in [-0.25, -0.2) is 8.78 Å². The monoisotopic (exact) mass is 413 g/mol. The zero-order valence-corrected chi connectivity index (χ0v) is 17.3. The van der Waals surface area contributed by atoms with Gasteiger partial charge in [-0.15, -0.1) is 22.7 Å². The van der Waals surface area contributed by atoms with Gasteiger partial charge < -0.3 is 0 Å². The number of nitrogens with zero attached hydrogens (tertiary/aromatic N) is 1. The van der Waals surface area contributed by atoms with Crippen LogP contribution < -0.4 is 0 Å². The van der Waals surface area contributed by atoms with E-state index in [9.17, 15) is 8.78 Å². The molecule has 3 aromatic heterocycles. The van der Waals surface area contributed by atoms with Crippen LogP contribution in [0.1, 0.15) is 37.5 Å². The van der Waals surface area contributed by atoms with Crippen LogP contribution in [0.5, 0.6) is 0 Å². The van der Waals surface area contributed by atoms with Crippen LogP contribution in [0.15, 0.2) is 48.7 Å². The Morgan fingerprint density at radius 1 is 0.929 bits per heavy atom. The minimum atomic E-state index is -0.593. The second-order valence-corrected chi connectivity index (χ2v) is 9.38. The number of halogens is 2. The molecule has 0 atom stereocenters. The second kappa shape index (κ2) is 8.50. The molecule has 4 aromatic rings. The summed E-state index contributed by atoms with van der Waals surface area (Å²) in [6, 6.07) is 11.9. The number of thiophene rings is 2. The number of hydrogen-bond donors (Lipinski definition) is 0. The van der Waals surface area contributed by atoms with Gasteiger partial charge in [0.2, 0.25) is 0 Å². The van der Waals surface area contributed by atoms with Crippen molar-refractivity contribution in [2.45, 2.75) is 39.0 Å². The van der Waals surface area contributed by atoms with Gasteiger partial charge in [-0.05, 0) is 54.8 Å². The summed E-state index contributed by atoms with van der Waals surface area (Å²) in [6.45, 7) is 2.23. The lowest BCUT2D eigenvalue weighted by Crippen LogP contribution is -1.89. The predicted octanol–water partition coefficient (Wildman–Crippen LogP) is 8.09. The van der Waals surface area contributed by atoms with E-state index in [0.29, 0.717) is 11.3 Å². The van der Waals surface area contributed by atoms with E-state index in [1.54, 1.807) is 17.5 Å². The van der Waals surface area contributed by atoms with Crippen LogP contribution in [0.4, 0.5) is 8.78 Å². The normalized spacial score (nSPS) is 11.4. The van der Waals surface area contributed by atoms with E-state index in [1.807, 2.05) is 23.5 Å². The molecule has 0 amide bonds. The van der Waals surface area contributed by atoms with Gasteiger partial charge >= 0.3 is 0 Å². The minimum Gasteiger partial charge on any atom is -0.256 e. The summed E-state index contributed by atoms with van der Waals surface area (Å²) < 4.78 is 28.6. The van der Waals surface area contributed by atoms with Crippen molar-refractivity contribution in [3.63, 3.8) is 0 Å². The molecule has 0 spiro atoms. The topological polar surface area (TPSA) is 12.9 Å². The van der Waals surface area contributed by atoms with Crippen molar-refractivity contribution >= 4 is 32.1 Å². The van der Waals surface area contributed by atoms with E-state index < -0.39 is 11.6 Å². The van der Waals surface area contributed by atoms with E-state index in [1.165, 1.54) is 52.1 Å². The fraction of sp³-hybridized carbons (Fsp3) is 0.261. The summed E-state index contributed by atoms with van der Waals surface area (Å²) in [5.41, 5.74) is 1.84. The lowest BCUT2D eigenvalue weighted by molar-refractivity contribution is 0.585. The number of aryl methyl sites for hydroxylation is 1. The van der Waals surface area contributed by atoms with Gasteiger partial charge in [0.05, 0.1) is 9.71 Å². The quantitative estimate of drug-likeness (QED) is 0.279. The van der Waals surface area contributed by atoms with Crippen LogP contribution in [-0.2, 0) is 6.42 Å². The zero-order valence-electron chi connectivity index (χ0n) is 15.7. The molecule has 0 N–H and O–H groups in total. The van der Waals surface area contributed by atoms with Gasteiger partial charge in [0, 0.05) is 33.0 Å². The number of pyridine rings is 1. The average Bonchev–Trinajstić information content (AvgIpc) is 3.24. The maximum Gasteiger partial charge on any atom is 0.135 e. The molecule has 0 fully saturated rings. The Kier molecular flexibility index (Phi) is 5.83. The molecule has 0 aliphatic heterocycles. The third-order valence-corrected chi connectivity index (χ3v) is 7.29. The molecule has 0 saturated carbocycles. The molecule has 0 saturated heterocycles. The van der Waals surface area contributed by atoms with Crippen LogP contribution in [0.2, 0.25) is 0 Å². The van der Waals surface area contributed by atoms with Crippen LogP contribution >= 0.6 is 22.7 Å². The Bertz CT molecular complexity index is 1070. The molecule has 0 aliphatic rings. The van der Waals surface area contributed by atoms with Crippen molar-refractivity contribution in [1.29, 1.82) is 0 Å². The third-order valence-electron chi connectivity index (χ3n) is 4.79. The molecule has 144 valence electrons. The molecule has 0 aliphatic carbocycles. The first-order chi connectivity index (χ1) is 13.6. The van der Waals surface area contributed by atoms with Gasteiger partial charge in [0.25, 0.3) is 0 Å². The minimum absolute atomic E-state index is 0.316. The van der Waals surface area contributed by atoms with Crippen LogP contribution in [0.25, 0.3) is 31.1 Å². The van der Waals surface area contributed by atoms with Crippen molar-refractivity contribution in [3.05, 3.63) is 65.2 Å². The molecule has 1 nitrogen and oxygen atoms in total. The summed E-state index contributed by atoms with van der Waals surface area (Å²) >= 11 is 3.64. The van der Waals surface area contributed by atoms with Crippen molar-refractivity contribution < 1.29 is 8.78 Å². The van der Waals surface area contributed by atoms with Crippen molar-refractivity contribution in [2.75, 3.05) is 0 Å². The van der Waals surface area contributed by atoms with E-state index in [0.717, 1.165) is 22.9 Å². The molecule has 28 heavy (non-hydrogen) atoms. The molecule has 0 bridgehead atoms. The maximum absolute atomic E-state index is 14.1. The average molecular weight is 414 g/mol. The Hall–Kier alpha value is -2.11. The lowest BCUT2D eigenvalue weighted by Gasteiger charge is -2.05. The van der Waals surface area contributed by atoms with Crippen molar-refractivity contribution in [3.8, 4) is 21.7 Å². The Morgan fingerprint density at radius 3 is 2.61 bits per heavy atom. The largest absolute Gasteiger partial charge is 0.256 e. The number of aromatic nitrogens is 1. The summed E-state index contributed by atoms with van der Waals surface area (Å²) in [7, 11) is 0. The Balaban J connectivity index is 1.57. The number of hydrogen-bond acceptors (Lipinski definition) is 3.